The van der Waals surface area contributed by atoms with Crippen LogP contribution < -0.4 is 5.32 Å². The molecule has 0 amide bonds. The van der Waals surface area contributed by atoms with Crippen LogP contribution in [0.1, 0.15) is 27.2 Å². The first-order valence-corrected chi connectivity index (χ1v) is 4.45. The second kappa shape index (κ2) is 3.61. The number of allylic oxidation sites excluding steroid dienone is 4. The van der Waals surface area contributed by atoms with Gasteiger partial charge in [0, 0.05) is 18.7 Å². The zero-order valence-corrected chi connectivity index (χ0v) is 8.20. The molecule has 1 aliphatic carbocycles. The lowest BCUT2D eigenvalue weighted by molar-refractivity contribution is 0.825. The fourth-order valence-corrected chi connectivity index (χ4v) is 1.56. The average Bonchev–Trinajstić information content (AvgIpc) is 2.32. The summed E-state index contributed by atoms with van der Waals surface area (Å²) < 4.78 is 0. The Morgan fingerprint density at radius 1 is 1.67 bits per heavy atom. The van der Waals surface area contributed by atoms with Crippen LogP contribution in [0.3, 0.4) is 0 Å². The number of rotatable bonds is 3. The van der Waals surface area contributed by atoms with Crippen LogP contribution >= 0.6 is 0 Å². The first kappa shape index (κ1) is 9.11. The molecular weight excluding hydrogens is 146 g/mol. The summed E-state index contributed by atoms with van der Waals surface area (Å²) in [5, 5.41) is 3.34. The molecule has 0 atom stereocenters. The third-order valence-corrected chi connectivity index (χ3v) is 2.10. The highest BCUT2D eigenvalue weighted by atomic mass is 14.9. The summed E-state index contributed by atoms with van der Waals surface area (Å²) in [6.45, 7) is 11.3. The highest BCUT2D eigenvalue weighted by Crippen LogP contribution is 2.27. The largest absolute Gasteiger partial charge is 0.388 e. The molecule has 1 aliphatic rings. The Balaban J connectivity index is 2.72. The number of nitrogens with one attached hydrogen (secondary N) is 1. The third kappa shape index (κ3) is 1.79. The maximum Gasteiger partial charge on any atom is 0.0154 e. The van der Waals surface area contributed by atoms with Crippen LogP contribution in [0.4, 0.5) is 0 Å². The van der Waals surface area contributed by atoms with Gasteiger partial charge in [-0.1, -0.05) is 17.7 Å². The van der Waals surface area contributed by atoms with Crippen LogP contribution in [-0.2, 0) is 0 Å². The van der Waals surface area contributed by atoms with Crippen LogP contribution in [0.25, 0.3) is 0 Å². The first-order valence-electron chi connectivity index (χ1n) is 4.45. The van der Waals surface area contributed by atoms with Gasteiger partial charge in [0.1, 0.15) is 0 Å². The summed E-state index contributed by atoms with van der Waals surface area (Å²) in [6.07, 6.45) is 3.27. The molecule has 0 saturated heterocycles. The molecule has 0 fully saturated rings. The fraction of sp³-hybridized carbons (Fsp3) is 0.455. The quantitative estimate of drug-likeness (QED) is 0.674. The van der Waals surface area contributed by atoms with Gasteiger partial charge in [-0.2, -0.15) is 0 Å². The van der Waals surface area contributed by atoms with Crippen molar-refractivity contribution >= 4 is 0 Å². The molecule has 1 rings (SSSR count). The highest BCUT2D eigenvalue weighted by molar-refractivity contribution is 5.47. The van der Waals surface area contributed by atoms with Gasteiger partial charge in [0.15, 0.2) is 0 Å². The van der Waals surface area contributed by atoms with Crippen molar-refractivity contribution in [3.8, 4) is 0 Å². The zero-order chi connectivity index (χ0) is 9.14. The predicted octanol–water partition coefficient (Wildman–Crippen LogP) is 2.78. The maximum atomic E-state index is 3.95. The lowest BCUT2D eigenvalue weighted by Crippen LogP contribution is -2.10. The Morgan fingerprint density at radius 2 is 2.33 bits per heavy atom. The molecule has 1 heteroatoms. The molecule has 12 heavy (non-hydrogen) atoms. The number of hydrogen-bond acceptors (Lipinski definition) is 1. The molecule has 0 aromatic carbocycles. The van der Waals surface area contributed by atoms with Gasteiger partial charge in [0.25, 0.3) is 0 Å². The summed E-state index contributed by atoms with van der Waals surface area (Å²) in [5.74, 6) is 0. The minimum atomic E-state index is 1.00. The Hall–Kier alpha value is -0.980. The van der Waals surface area contributed by atoms with Crippen molar-refractivity contribution in [3.63, 3.8) is 0 Å². The second-order valence-electron chi connectivity index (χ2n) is 3.35. The van der Waals surface area contributed by atoms with E-state index in [1.54, 1.807) is 0 Å². The van der Waals surface area contributed by atoms with Crippen LogP contribution in [0.15, 0.2) is 35.1 Å². The Bertz CT molecular complexity index is 256. The molecular formula is C11H17N. The Kier molecular flexibility index (Phi) is 2.74. The standard InChI is InChI=1S/C11H17N/c1-5-12-10-6-9(4)11(7-10)8(2)3/h7,12H,2,5-6H2,1,3-4H3. The van der Waals surface area contributed by atoms with Crippen molar-refractivity contribution in [3.05, 3.63) is 35.1 Å². The third-order valence-electron chi connectivity index (χ3n) is 2.10. The van der Waals surface area contributed by atoms with Crippen LogP contribution in [0.2, 0.25) is 0 Å². The Morgan fingerprint density at radius 3 is 2.75 bits per heavy atom. The van der Waals surface area contributed by atoms with E-state index in [4.69, 9.17) is 0 Å². The van der Waals surface area contributed by atoms with E-state index in [1.807, 2.05) is 0 Å². The summed E-state index contributed by atoms with van der Waals surface area (Å²) in [7, 11) is 0. The van der Waals surface area contributed by atoms with E-state index < -0.39 is 0 Å². The van der Waals surface area contributed by atoms with E-state index in [9.17, 15) is 0 Å². The predicted molar refractivity (Wildman–Crippen MR) is 53.9 cm³/mol. The lowest BCUT2D eigenvalue weighted by Gasteiger charge is -2.02. The molecule has 0 radical (unpaired) electrons. The van der Waals surface area contributed by atoms with Crippen molar-refractivity contribution in [1.29, 1.82) is 0 Å². The van der Waals surface area contributed by atoms with Gasteiger partial charge in [0.2, 0.25) is 0 Å². The van der Waals surface area contributed by atoms with Crippen molar-refractivity contribution in [1.82, 2.24) is 5.32 Å². The van der Waals surface area contributed by atoms with Gasteiger partial charge in [-0.15, -0.1) is 0 Å². The van der Waals surface area contributed by atoms with E-state index in [0.717, 1.165) is 13.0 Å². The molecule has 0 aromatic rings. The minimum absolute atomic E-state index is 1.00. The van der Waals surface area contributed by atoms with Crippen molar-refractivity contribution in [2.24, 2.45) is 0 Å². The van der Waals surface area contributed by atoms with Crippen molar-refractivity contribution in [2.75, 3.05) is 6.54 Å². The van der Waals surface area contributed by atoms with Crippen LogP contribution in [0.5, 0.6) is 0 Å². The summed E-state index contributed by atoms with van der Waals surface area (Å²) >= 11 is 0. The van der Waals surface area contributed by atoms with Gasteiger partial charge >= 0.3 is 0 Å². The van der Waals surface area contributed by atoms with E-state index in [2.05, 4.69) is 38.7 Å². The van der Waals surface area contributed by atoms with Gasteiger partial charge in [-0.25, -0.2) is 0 Å². The average molecular weight is 163 g/mol. The molecule has 0 saturated carbocycles. The van der Waals surface area contributed by atoms with E-state index in [0.29, 0.717) is 0 Å². The molecule has 0 unspecified atom stereocenters. The molecule has 1 nitrogen and oxygen atoms in total. The highest BCUT2D eigenvalue weighted by Gasteiger charge is 2.11. The topological polar surface area (TPSA) is 12.0 Å². The number of hydrogen-bond donors (Lipinski definition) is 1. The molecule has 0 aliphatic heterocycles. The fourth-order valence-electron chi connectivity index (χ4n) is 1.56. The normalized spacial score (nSPS) is 16.4. The van der Waals surface area contributed by atoms with Crippen LogP contribution in [0, 0.1) is 0 Å². The zero-order valence-electron chi connectivity index (χ0n) is 8.20. The molecule has 0 aromatic heterocycles. The maximum absolute atomic E-state index is 3.95. The minimum Gasteiger partial charge on any atom is -0.388 e. The summed E-state index contributed by atoms with van der Waals surface area (Å²) in [5.41, 5.74) is 5.25. The lowest BCUT2D eigenvalue weighted by atomic mass is 10.1. The van der Waals surface area contributed by atoms with Gasteiger partial charge in [-0.05, 0) is 32.4 Å². The molecule has 1 N–H and O–H groups in total. The van der Waals surface area contributed by atoms with Gasteiger partial charge in [-0.3, -0.25) is 0 Å². The van der Waals surface area contributed by atoms with E-state index in [-0.39, 0.29) is 0 Å². The van der Waals surface area contributed by atoms with Crippen molar-refractivity contribution < 1.29 is 0 Å². The molecule has 66 valence electrons. The molecule has 0 bridgehead atoms. The SMILES string of the molecule is C=C(C)C1=C(C)CC(NCC)=C1. The monoisotopic (exact) mass is 163 g/mol. The second-order valence-corrected chi connectivity index (χ2v) is 3.35. The van der Waals surface area contributed by atoms with E-state index >= 15 is 0 Å². The van der Waals surface area contributed by atoms with E-state index in [1.165, 1.54) is 22.4 Å². The van der Waals surface area contributed by atoms with Gasteiger partial charge < -0.3 is 5.32 Å². The van der Waals surface area contributed by atoms with Crippen molar-refractivity contribution in [2.45, 2.75) is 27.2 Å². The first-order chi connectivity index (χ1) is 5.65. The molecule has 0 heterocycles. The molecule has 0 spiro atoms. The van der Waals surface area contributed by atoms with Crippen LogP contribution in [-0.4, -0.2) is 6.54 Å². The Labute approximate surface area is 74.9 Å². The summed E-state index contributed by atoms with van der Waals surface area (Å²) in [6, 6.07) is 0. The summed E-state index contributed by atoms with van der Waals surface area (Å²) in [4.78, 5) is 0. The smallest absolute Gasteiger partial charge is 0.0154 e. The van der Waals surface area contributed by atoms with Gasteiger partial charge in [0.05, 0.1) is 0 Å².